The third-order valence-electron chi connectivity index (χ3n) is 14.4. The van der Waals surface area contributed by atoms with Gasteiger partial charge in [-0.3, -0.25) is 4.79 Å². The molecule has 2 saturated carbocycles. The highest BCUT2D eigenvalue weighted by molar-refractivity contribution is 5.83. The zero-order valence-electron chi connectivity index (χ0n) is 35.7. The van der Waals surface area contributed by atoms with E-state index in [4.69, 9.17) is 5.73 Å². The van der Waals surface area contributed by atoms with Crippen molar-refractivity contribution in [3.05, 3.63) is 96.3 Å². The van der Waals surface area contributed by atoms with Crippen molar-refractivity contribution < 1.29 is 35.4 Å². The Hall–Kier alpha value is -4.64. The van der Waals surface area contributed by atoms with Crippen LogP contribution >= 0.6 is 0 Å². The number of carbonyl (C=O) groups is 1. The average Bonchev–Trinajstić information content (AvgIpc) is 3.81. The molecule has 61 heavy (non-hydrogen) atoms. The first-order valence-corrected chi connectivity index (χ1v) is 22.9. The summed E-state index contributed by atoms with van der Waals surface area (Å²) in [6.45, 7) is 2.20. The largest absolute Gasteiger partial charge is 0.872 e. The van der Waals surface area contributed by atoms with Crippen LogP contribution in [0.3, 0.4) is 0 Å². The second-order valence-corrected chi connectivity index (χ2v) is 18.7. The Morgan fingerprint density at radius 1 is 0.902 bits per heavy atom. The minimum Gasteiger partial charge on any atom is -0.872 e. The van der Waals surface area contributed by atoms with E-state index < -0.39 is 23.6 Å². The summed E-state index contributed by atoms with van der Waals surface area (Å²) in [6, 6.07) is 20.1. The molecule has 2 aromatic carbocycles. The summed E-state index contributed by atoms with van der Waals surface area (Å²) >= 11 is 0. The van der Waals surface area contributed by atoms with Gasteiger partial charge in [0, 0.05) is 34.9 Å². The van der Waals surface area contributed by atoms with E-state index >= 15 is 0 Å². The SMILES string of the molecule is CCCCCC1C=CC(CCCCC2CCC(c3cc(-c4ccccc4)c(-c4cc([O-])cc(O)c4)[nH]3)C3CC(Cc4ccnc(N)c4)CC3(O)CCC(O)C2C(=O)O)C(O)C1. The number of hydrogen-bond donors (Lipinski definition) is 7. The molecule has 0 saturated heterocycles. The number of phenolic OH excluding ortho intramolecular Hbond substituents is 1. The van der Waals surface area contributed by atoms with Gasteiger partial charge in [-0.25, -0.2) is 4.98 Å². The van der Waals surface area contributed by atoms with Crippen LogP contribution in [0.25, 0.3) is 22.4 Å². The summed E-state index contributed by atoms with van der Waals surface area (Å²) in [6.07, 6.45) is 16.8. The molecule has 0 amide bonds. The number of nitrogens with zero attached hydrogens (tertiary/aromatic N) is 1. The number of anilines is 1. The number of aliphatic hydroxyl groups excluding tert-OH is 2. The van der Waals surface area contributed by atoms with E-state index in [2.05, 4.69) is 35.1 Å². The highest BCUT2D eigenvalue weighted by Crippen LogP contribution is 2.54. The molecule has 10 nitrogen and oxygen atoms in total. The van der Waals surface area contributed by atoms with Gasteiger partial charge in [-0.05, 0) is 136 Å². The van der Waals surface area contributed by atoms with Crippen molar-refractivity contribution in [2.75, 3.05) is 5.73 Å². The maximum atomic E-state index is 13.1. The number of phenols is 1. The number of unbranched alkanes of at least 4 members (excludes halogenated alkanes) is 3. The molecule has 7 rings (SSSR count). The second kappa shape index (κ2) is 20.0. The number of pyridine rings is 1. The normalized spacial score (nSPS) is 29.3. The summed E-state index contributed by atoms with van der Waals surface area (Å²) in [7, 11) is 0. The first-order valence-electron chi connectivity index (χ1n) is 22.9. The van der Waals surface area contributed by atoms with Gasteiger partial charge in [-0.2, -0.15) is 0 Å². The zero-order valence-corrected chi connectivity index (χ0v) is 35.7. The maximum absolute atomic E-state index is 13.1. The predicted molar refractivity (Wildman–Crippen MR) is 237 cm³/mol. The highest BCUT2D eigenvalue weighted by Gasteiger charge is 2.51. The van der Waals surface area contributed by atoms with E-state index in [1.807, 2.05) is 42.5 Å². The van der Waals surface area contributed by atoms with Crippen LogP contribution < -0.4 is 10.8 Å². The van der Waals surface area contributed by atoms with E-state index in [1.165, 1.54) is 31.4 Å². The van der Waals surface area contributed by atoms with Gasteiger partial charge in [-0.15, -0.1) is 5.75 Å². The topological polar surface area (TPSA) is 196 Å². The minimum absolute atomic E-state index is 0.0957. The molecule has 8 N–H and O–H groups in total. The van der Waals surface area contributed by atoms with E-state index in [0.29, 0.717) is 55.1 Å². The number of rotatable bonds is 15. The van der Waals surface area contributed by atoms with E-state index in [0.717, 1.165) is 60.9 Å². The van der Waals surface area contributed by atoms with Crippen molar-refractivity contribution in [3.63, 3.8) is 0 Å². The van der Waals surface area contributed by atoms with Crippen LogP contribution in [-0.2, 0) is 11.2 Å². The lowest BCUT2D eigenvalue weighted by Crippen LogP contribution is -2.42. The van der Waals surface area contributed by atoms with E-state index in [9.17, 15) is 35.4 Å². The van der Waals surface area contributed by atoms with Crippen LogP contribution in [-0.4, -0.2) is 59.3 Å². The Labute approximate surface area is 361 Å². The molecule has 10 atom stereocenters. The van der Waals surface area contributed by atoms with Crippen molar-refractivity contribution >= 4 is 11.8 Å². The number of aliphatic carboxylic acids is 1. The molecule has 0 bridgehead atoms. The summed E-state index contributed by atoms with van der Waals surface area (Å²) < 4.78 is 0. The molecule has 2 fully saturated rings. The monoisotopic (exact) mass is 832 g/mol. The molecule has 2 aromatic heterocycles. The van der Waals surface area contributed by atoms with Crippen molar-refractivity contribution in [1.29, 1.82) is 0 Å². The number of carboxylic acid groups (broad SMARTS) is 1. The Kier molecular flexibility index (Phi) is 14.6. The molecule has 2 heterocycles. The van der Waals surface area contributed by atoms with Gasteiger partial charge in [0.1, 0.15) is 11.6 Å². The molecular weight excluding hydrogens is 767 g/mol. The molecule has 10 heteroatoms. The van der Waals surface area contributed by atoms with Gasteiger partial charge in [0.2, 0.25) is 0 Å². The average molecular weight is 833 g/mol. The lowest BCUT2D eigenvalue weighted by Gasteiger charge is -2.39. The van der Waals surface area contributed by atoms with Crippen LogP contribution in [0.1, 0.15) is 120 Å². The summed E-state index contributed by atoms with van der Waals surface area (Å²) in [5, 5.41) is 69.5. The fourth-order valence-electron chi connectivity index (χ4n) is 11.4. The molecule has 10 unspecified atom stereocenters. The van der Waals surface area contributed by atoms with Gasteiger partial charge in [0.25, 0.3) is 0 Å². The standard InChI is InChI=1S/C51H67N3O7/c1-2-3-5-10-32-15-16-36(46(58)25-32)13-8-9-14-37-17-18-41(44-30-42(35-11-6-4-7-12-35)49(54-44)38-27-39(55)29-40(56)28-38)43-24-34(23-33-20-22-53-47(52)26-33)31-51(43,61)21-19-45(57)48(37)50(59)60/h4,6-7,11-12,15-16,20,22,26-30,32,34,36-37,41,43,45-46,48,54-58,61H,2-3,5,8-10,13-14,17-19,21,23-25,31H2,1H3,(H2,52,53)(H,59,60)/p-1. The molecule has 3 aliphatic rings. The molecule has 3 aliphatic carbocycles. The first-order chi connectivity index (χ1) is 29.4. The van der Waals surface area contributed by atoms with Crippen LogP contribution in [0.2, 0.25) is 0 Å². The third kappa shape index (κ3) is 10.9. The number of aromatic nitrogens is 2. The number of nitrogen functional groups attached to an aromatic ring is 1. The lowest BCUT2D eigenvalue weighted by molar-refractivity contribution is -0.268. The summed E-state index contributed by atoms with van der Waals surface area (Å²) in [5.41, 5.74) is 9.87. The van der Waals surface area contributed by atoms with Crippen LogP contribution in [0.15, 0.2) is 85.1 Å². The number of H-pyrrole nitrogens is 1. The quantitative estimate of drug-likeness (QED) is 0.0451. The molecule has 0 aliphatic heterocycles. The van der Waals surface area contributed by atoms with Gasteiger partial charge in [-0.1, -0.05) is 87.6 Å². The highest BCUT2D eigenvalue weighted by atomic mass is 16.4. The molecule has 0 radical (unpaired) electrons. The molecule has 328 valence electrons. The van der Waals surface area contributed by atoms with Gasteiger partial charge in [0.05, 0.1) is 29.4 Å². The van der Waals surface area contributed by atoms with Gasteiger partial charge >= 0.3 is 5.97 Å². The Morgan fingerprint density at radius 3 is 2.43 bits per heavy atom. The second-order valence-electron chi connectivity index (χ2n) is 18.7. The van der Waals surface area contributed by atoms with Gasteiger partial charge in [0.15, 0.2) is 0 Å². The summed E-state index contributed by atoms with van der Waals surface area (Å²) in [4.78, 5) is 21.0. The number of benzene rings is 2. The number of aromatic hydroxyl groups is 1. The number of hydrogen-bond acceptors (Lipinski definition) is 8. The van der Waals surface area contributed by atoms with Crippen molar-refractivity contribution in [2.45, 2.75) is 133 Å². The number of fused-ring (bicyclic) bond motifs is 1. The Bertz CT molecular complexity index is 2060. The smallest absolute Gasteiger partial charge is 0.309 e. The van der Waals surface area contributed by atoms with E-state index in [1.54, 1.807) is 12.3 Å². The van der Waals surface area contributed by atoms with Gasteiger partial charge < -0.3 is 41.4 Å². The van der Waals surface area contributed by atoms with Crippen molar-refractivity contribution in [1.82, 2.24) is 9.97 Å². The van der Waals surface area contributed by atoms with Crippen molar-refractivity contribution in [3.8, 4) is 33.9 Å². The number of allylic oxidation sites excluding steroid dienone is 1. The van der Waals surface area contributed by atoms with Crippen LogP contribution in [0.5, 0.6) is 11.5 Å². The fourth-order valence-corrected chi connectivity index (χ4v) is 11.4. The van der Waals surface area contributed by atoms with Crippen LogP contribution in [0, 0.1) is 35.5 Å². The molecular formula is C51H66N3O7-. The zero-order chi connectivity index (χ0) is 43.1. The maximum Gasteiger partial charge on any atom is 0.309 e. The molecule has 4 aromatic rings. The number of nitrogens with one attached hydrogen (secondary N) is 1. The third-order valence-corrected chi connectivity index (χ3v) is 14.4. The summed E-state index contributed by atoms with van der Waals surface area (Å²) in [5.74, 6) is -2.08. The number of carboxylic acids is 1. The Balaban J connectivity index is 1.19. The number of aliphatic hydroxyl groups is 3. The van der Waals surface area contributed by atoms with Crippen LogP contribution in [0.4, 0.5) is 5.82 Å². The predicted octanol–water partition coefficient (Wildman–Crippen LogP) is 9.13. The Morgan fingerprint density at radius 2 is 1.69 bits per heavy atom. The molecule has 0 spiro atoms. The number of aromatic amines is 1. The number of nitrogens with two attached hydrogens (primary N) is 1. The van der Waals surface area contributed by atoms with E-state index in [-0.39, 0.29) is 60.0 Å². The minimum atomic E-state index is -1.18. The lowest BCUT2D eigenvalue weighted by atomic mass is 9.69. The fraction of sp³-hybridized carbons (Fsp3) is 0.529. The van der Waals surface area contributed by atoms with Crippen molar-refractivity contribution in [2.24, 2.45) is 35.5 Å². The first kappa shape index (κ1) is 44.4.